The summed E-state index contributed by atoms with van der Waals surface area (Å²) in [4.78, 5) is 8.47. The van der Waals surface area contributed by atoms with Gasteiger partial charge in [0.2, 0.25) is 5.88 Å². The molecule has 0 aliphatic carbocycles. The molecule has 1 aromatic heterocycles. The van der Waals surface area contributed by atoms with Gasteiger partial charge in [0.1, 0.15) is 11.6 Å². The van der Waals surface area contributed by atoms with Crippen molar-refractivity contribution in [1.29, 1.82) is 0 Å². The van der Waals surface area contributed by atoms with E-state index in [0.717, 1.165) is 12.0 Å². The zero-order valence-corrected chi connectivity index (χ0v) is 13.3. The van der Waals surface area contributed by atoms with Crippen molar-refractivity contribution in [3.8, 4) is 11.6 Å². The first-order valence-electron chi connectivity index (χ1n) is 7.52. The maximum atomic E-state index is 13.2. The first-order valence-corrected chi connectivity index (χ1v) is 7.52. The van der Waals surface area contributed by atoms with Crippen molar-refractivity contribution in [2.24, 2.45) is 10.7 Å². The summed E-state index contributed by atoms with van der Waals surface area (Å²) in [7, 11) is 0. The molecule has 5 nitrogen and oxygen atoms in total. The van der Waals surface area contributed by atoms with Crippen LogP contribution >= 0.6 is 0 Å². The lowest BCUT2D eigenvalue weighted by Crippen LogP contribution is -2.38. The lowest BCUT2D eigenvalue weighted by Gasteiger charge is -2.12. The predicted molar refractivity (Wildman–Crippen MR) is 88.9 cm³/mol. The van der Waals surface area contributed by atoms with Gasteiger partial charge < -0.3 is 15.8 Å². The molecule has 0 amide bonds. The van der Waals surface area contributed by atoms with Crippen LogP contribution in [0, 0.1) is 5.82 Å². The maximum Gasteiger partial charge on any atom is 0.224 e. The first kappa shape index (κ1) is 16.7. The summed E-state index contributed by atoms with van der Waals surface area (Å²) in [6, 6.07) is 9.82. The third-order valence-electron chi connectivity index (χ3n) is 3.29. The van der Waals surface area contributed by atoms with E-state index in [-0.39, 0.29) is 11.9 Å². The fourth-order valence-electron chi connectivity index (χ4n) is 1.85. The van der Waals surface area contributed by atoms with Gasteiger partial charge in [-0.1, -0.05) is 19.1 Å². The van der Waals surface area contributed by atoms with E-state index in [4.69, 9.17) is 10.5 Å². The second kappa shape index (κ2) is 8.12. The van der Waals surface area contributed by atoms with Crippen molar-refractivity contribution in [1.82, 2.24) is 10.3 Å². The molecule has 0 spiro atoms. The number of aromatic nitrogens is 1. The fourth-order valence-corrected chi connectivity index (χ4v) is 1.85. The Morgan fingerprint density at radius 1 is 1.39 bits per heavy atom. The smallest absolute Gasteiger partial charge is 0.224 e. The Morgan fingerprint density at radius 2 is 2.22 bits per heavy atom. The van der Waals surface area contributed by atoms with Crippen LogP contribution in [-0.2, 0) is 6.54 Å². The van der Waals surface area contributed by atoms with Crippen LogP contribution in [0.3, 0.4) is 0 Å². The largest absolute Gasteiger partial charge is 0.439 e. The second-order valence-electron chi connectivity index (χ2n) is 5.18. The monoisotopic (exact) mass is 316 g/mol. The summed E-state index contributed by atoms with van der Waals surface area (Å²) < 4.78 is 18.9. The highest BCUT2D eigenvalue weighted by molar-refractivity contribution is 5.78. The van der Waals surface area contributed by atoms with Crippen LogP contribution in [0.4, 0.5) is 4.39 Å². The molecule has 2 aromatic rings. The summed E-state index contributed by atoms with van der Waals surface area (Å²) >= 11 is 0. The van der Waals surface area contributed by atoms with E-state index in [1.165, 1.54) is 12.1 Å². The summed E-state index contributed by atoms with van der Waals surface area (Å²) in [5.41, 5.74) is 6.62. The van der Waals surface area contributed by atoms with Gasteiger partial charge in [-0.2, -0.15) is 0 Å². The average Bonchev–Trinajstić information content (AvgIpc) is 2.54. The minimum Gasteiger partial charge on any atom is -0.439 e. The molecule has 23 heavy (non-hydrogen) atoms. The normalized spacial score (nSPS) is 12.7. The van der Waals surface area contributed by atoms with Crippen molar-refractivity contribution < 1.29 is 9.13 Å². The van der Waals surface area contributed by atoms with Crippen LogP contribution < -0.4 is 15.8 Å². The van der Waals surface area contributed by atoms with Gasteiger partial charge in [-0.15, -0.1) is 0 Å². The van der Waals surface area contributed by atoms with Crippen LogP contribution in [0.15, 0.2) is 47.6 Å². The van der Waals surface area contributed by atoms with Crippen molar-refractivity contribution in [2.45, 2.75) is 32.9 Å². The van der Waals surface area contributed by atoms with E-state index in [1.807, 2.05) is 13.0 Å². The van der Waals surface area contributed by atoms with E-state index in [2.05, 4.69) is 22.2 Å². The summed E-state index contributed by atoms with van der Waals surface area (Å²) in [5.74, 6) is 0.790. The Hall–Kier alpha value is -2.63. The van der Waals surface area contributed by atoms with Crippen LogP contribution in [0.25, 0.3) is 0 Å². The lowest BCUT2D eigenvalue weighted by atomic mass is 10.2. The zero-order valence-electron chi connectivity index (χ0n) is 13.3. The molecule has 122 valence electrons. The van der Waals surface area contributed by atoms with Gasteiger partial charge in [-0.3, -0.25) is 0 Å². The van der Waals surface area contributed by atoms with E-state index in [9.17, 15) is 4.39 Å². The van der Waals surface area contributed by atoms with Crippen molar-refractivity contribution in [3.05, 3.63) is 54.0 Å². The topological polar surface area (TPSA) is 72.5 Å². The molecule has 1 unspecified atom stereocenters. The lowest BCUT2D eigenvalue weighted by molar-refractivity contribution is 0.452. The highest BCUT2D eigenvalue weighted by atomic mass is 19.1. The van der Waals surface area contributed by atoms with E-state index in [0.29, 0.717) is 24.1 Å². The molecule has 0 saturated carbocycles. The van der Waals surface area contributed by atoms with E-state index >= 15 is 0 Å². The second-order valence-corrected chi connectivity index (χ2v) is 5.18. The predicted octanol–water partition coefficient (Wildman–Crippen LogP) is 3.22. The van der Waals surface area contributed by atoms with Crippen LogP contribution in [0.1, 0.15) is 25.8 Å². The third kappa shape index (κ3) is 5.25. The van der Waals surface area contributed by atoms with Crippen molar-refractivity contribution >= 4 is 5.96 Å². The molecule has 0 aliphatic heterocycles. The summed E-state index contributed by atoms with van der Waals surface area (Å²) in [6.07, 6.45) is 2.57. The number of hydrogen-bond donors (Lipinski definition) is 2. The van der Waals surface area contributed by atoms with Crippen LogP contribution in [0.2, 0.25) is 0 Å². The van der Waals surface area contributed by atoms with Gasteiger partial charge in [0, 0.05) is 23.9 Å². The van der Waals surface area contributed by atoms with Gasteiger partial charge in [0.15, 0.2) is 5.96 Å². The Balaban J connectivity index is 2.10. The Bertz CT molecular complexity index is 675. The quantitative estimate of drug-likeness (QED) is 0.634. The van der Waals surface area contributed by atoms with Gasteiger partial charge >= 0.3 is 0 Å². The maximum absolute atomic E-state index is 13.2. The molecule has 0 saturated heterocycles. The molecule has 6 heteroatoms. The molecule has 1 atom stereocenters. The molecule has 0 radical (unpaired) electrons. The third-order valence-corrected chi connectivity index (χ3v) is 3.29. The Morgan fingerprint density at radius 3 is 2.96 bits per heavy atom. The standard InChI is InChI=1S/C17H21FN4O/c1-3-12(2)22-17(19)21-11-13-6-5-9-20-16(13)23-15-8-4-7-14(18)10-15/h4-10,12H,3,11H2,1-2H3,(H3,19,21,22). The zero-order chi connectivity index (χ0) is 16.7. The number of halogens is 1. The number of ether oxygens (including phenoxy) is 1. The first-order chi connectivity index (χ1) is 11.1. The molecule has 2 rings (SSSR count). The minimum absolute atomic E-state index is 0.260. The number of nitrogens with zero attached hydrogens (tertiary/aromatic N) is 2. The van der Waals surface area contributed by atoms with Crippen LogP contribution in [-0.4, -0.2) is 17.0 Å². The SMILES string of the molecule is CCC(C)NC(N)=NCc1cccnc1Oc1cccc(F)c1. The molecule has 0 aliphatic rings. The van der Waals surface area contributed by atoms with Gasteiger partial charge in [0.05, 0.1) is 6.54 Å². The molecule has 0 fully saturated rings. The van der Waals surface area contributed by atoms with Crippen LogP contribution in [0.5, 0.6) is 11.6 Å². The average molecular weight is 316 g/mol. The molecule has 1 heterocycles. The van der Waals surface area contributed by atoms with E-state index in [1.54, 1.807) is 24.4 Å². The van der Waals surface area contributed by atoms with Gasteiger partial charge in [-0.05, 0) is 31.5 Å². The number of rotatable bonds is 6. The van der Waals surface area contributed by atoms with Crippen molar-refractivity contribution in [2.75, 3.05) is 0 Å². The highest BCUT2D eigenvalue weighted by Crippen LogP contribution is 2.23. The number of benzene rings is 1. The Labute approximate surface area is 135 Å². The van der Waals surface area contributed by atoms with Gasteiger partial charge in [0.25, 0.3) is 0 Å². The van der Waals surface area contributed by atoms with Gasteiger partial charge in [-0.25, -0.2) is 14.4 Å². The number of nitrogens with one attached hydrogen (secondary N) is 1. The molecule has 1 aromatic carbocycles. The van der Waals surface area contributed by atoms with Crippen molar-refractivity contribution in [3.63, 3.8) is 0 Å². The number of pyridine rings is 1. The molecular weight excluding hydrogens is 295 g/mol. The summed E-state index contributed by atoms with van der Waals surface area (Å²) in [5, 5.41) is 3.09. The molecular formula is C17H21FN4O. The highest BCUT2D eigenvalue weighted by Gasteiger charge is 2.07. The molecule has 3 N–H and O–H groups in total. The Kier molecular flexibility index (Phi) is 5.91. The number of hydrogen-bond acceptors (Lipinski definition) is 3. The minimum atomic E-state index is -0.361. The fraction of sp³-hybridized carbons (Fsp3) is 0.294. The number of nitrogens with two attached hydrogens (primary N) is 1. The summed E-state index contributed by atoms with van der Waals surface area (Å²) in [6.45, 7) is 4.43. The number of aliphatic imine (C=N–C) groups is 1. The van der Waals surface area contributed by atoms with E-state index < -0.39 is 0 Å². The number of guanidine groups is 1. The molecule has 0 bridgehead atoms.